The van der Waals surface area contributed by atoms with Crippen LogP contribution < -0.4 is 0 Å². The lowest BCUT2D eigenvalue weighted by atomic mass is 9.69. The first-order valence-electron chi connectivity index (χ1n) is 11.7. The maximum Gasteiger partial charge on any atom is 0.166 e. The molecule has 0 unspecified atom stereocenters. The predicted molar refractivity (Wildman–Crippen MR) is 114 cm³/mol. The van der Waals surface area contributed by atoms with E-state index >= 15 is 0 Å². The van der Waals surface area contributed by atoms with Crippen LogP contribution in [-0.2, 0) is 14.2 Å². The van der Waals surface area contributed by atoms with Gasteiger partial charge in [-0.25, -0.2) is 4.58 Å². The zero-order valence-corrected chi connectivity index (χ0v) is 19.1. The fraction of sp³-hybridized carbons (Fsp3) is 0.957. The molecule has 3 rings (SSSR count). The molecule has 0 amide bonds. The average molecular weight is 412 g/mol. The number of hydroxylamine groups is 2. The third-order valence-corrected chi connectivity index (χ3v) is 7.56. The first-order valence-corrected chi connectivity index (χ1v) is 11.7. The van der Waals surface area contributed by atoms with Gasteiger partial charge in [0.25, 0.3) is 0 Å². The Morgan fingerprint density at radius 3 is 2.00 bits per heavy atom. The van der Waals surface area contributed by atoms with Crippen molar-refractivity contribution in [2.24, 2.45) is 0 Å². The summed E-state index contributed by atoms with van der Waals surface area (Å²) in [6.07, 6.45) is 9.97. The molecule has 6 nitrogen and oxygen atoms in total. The highest BCUT2D eigenvalue weighted by Gasteiger charge is 2.57. The molecule has 0 aliphatic carbocycles. The second kappa shape index (κ2) is 9.73. The van der Waals surface area contributed by atoms with E-state index in [4.69, 9.17) is 14.2 Å². The third kappa shape index (κ3) is 5.21. The molecule has 2 spiro atoms. The highest BCUT2D eigenvalue weighted by Crippen LogP contribution is 2.47. The van der Waals surface area contributed by atoms with Crippen LogP contribution in [0.1, 0.15) is 79.1 Å². The fourth-order valence-electron chi connectivity index (χ4n) is 5.38. The van der Waals surface area contributed by atoms with E-state index in [1.54, 1.807) is 5.06 Å². The van der Waals surface area contributed by atoms with Gasteiger partial charge < -0.3 is 19.4 Å². The average Bonchev–Trinajstić information content (AvgIpc) is 2.72. The van der Waals surface area contributed by atoms with E-state index in [9.17, 15) is 5.21 Å². The van der Waals surface area contributed by atoms with E-state index in [-0.39, 0.29) is 16.7 Å². The van der Waals surface area contributed by atoms with Crippen LogP contribution in [0.5, 0.6) is 0 Å². The number of piperidine rings is 1. The molecule has 3 fully saturated rings. The van der Waals surface area contributed by atoms with Crippen molar-refractivity contribution in [3.63, 3.8) is 0 Å². The van der Waals surface area contributed by atoms with Crippen LogP contribution in [0, 0.1) is 0 Å². The molecule has 0 aromatic heterocycles. The van der Waals surface area contributed by atoms with Crippen molar-refractivity contribution in [1.29, 1.82) is 0 Å². The Hall–Kier alpha value is -0.530. The summed E-state index contributed by atoms with van der Waals surface area (Å²) in [6, 6.07) is 0.419. The first kappa shape index (κ1) is 23.1. The molecule has 29 heavy (non-hydrogen) atoms. The molecular formula is C23H43N2O4+. The number of hydrogen-bond acceptors (Lipinski definition) is 5. The zero-order chi connectivity index (χ0) is 21.0. The number of hydrogen-bond donors (Lipinski definition) is 1. The van der Waals surface area contributed by atoms with Crippen molar-refractivity contribution in [3.8, 4) is 0 Å². The summed E-state index contributed by atoms with van der Waals surface area (Å²) in [5, 5.41) is 13.3. The van der Waals surface area contributed by atoms with E-state index in [0.717, 1.165) is 90.9 Å². The minimum atomic E-state index is -0.179. The van der Waals surface area contributed by atoms with Gasteiger partial charge >= 0.3 is 0 Å². The molecule has 0 bridgehead atoms. The second-order valence-electron chi connectivity index (χ2n) is 9.84. The van der Waals surface area contributed by atoms with Gasteiger partial charge in [-0.1, -0.05) is 13.8 Å². The summed E-state index contributed by atoms with van der Waals surface area (Å²) in [6.45, 7) is 13.3. The van der Waals surface area contributed by atoms with Gasteiger partial charge in [-0.2, -0.15) is 5.06 Å². The Balaban J connectivity index is 1.80. The zero-order valence-electron chi connectivity index (χ0n) is 19.1. The third-order valence-electron chi connectivity index (χ3n) is 7.56. The molecule has 3 aliphatic rings. The monoisotopic (exact) mass is 411 g/mol. The SMILES string of the molecule is CCC=[N+](CCOC(C)(C)CC)C1CC2(CCOCC2)N(O)C2(CCOCC2)C1. The van der Waals surface area contributed by atoms with E-state index < -0.39 is 0 Å². The lowest BCUT2D eigenvalue weighted by molar-refractivity contribution is -0.581. The predicted octanol–water partition coefficient (Wildman–Crippen LogP) is 3.64. The van der Waals surface area contributed by atoms with E-state index in [0.29, 0.717) is 6.04 Å². The standard InChI is InChI=1S/C23H43N2O4/c1-5-11-24(12-17-29-21(3,4)6-2)20-18-22(7-13-27-14-8-22)25(26)23(19-20)9-15-28-16-10-23/h11,20,26H,5-10,12-19H2,1-4H3/q+1. The van der Waals surface area contributed by atoms with Crippen LogP contribution >= 0.6 is 0 Å². The Bertz CT molecular complexity index is 523. The molecular weight excluding hydrogens is 368 g/mol. The quantitative estimate of drug-likeness (QED) is 0.512. The summed E-state index contributed by atoms with van der Waals surface area (Å²) >= 11 is 0. The van der Waals surface area contributed by atoms with Crippen LogP contribution in [0.3, 0.4) is 0 Å². The Labute approximate surface area is 177 Å². The van der Waals surface area contributed by atoms with E-state index in [2.05, 4.69) is 38.5 Å². The highest BCUT2D eigenvalue weighted by molar-refractivity contribution is 5.50. The van der Waals surface area contributed by atoms with Gasteiger partial charge in [-0.3, -0.25) is 0 Å². The Morgan fingerprint density at radius 2 is 1.55 bits per heavy atom. The van der Waals surface area contributed by atoms with Crippen LogP contribution in [0.2, 0.25) is 0 Å². The Morgan fingerprint density at radius 1 is 1.03 bits per heavy atom. The maximum atomic E-state index is 11.5. The lowest BCUT2D eigenvalue weighted by Gasteiger charge is -2.57. The molecule has 0 radical (unpaired) electrons. The molecule has 0 saturated carbocycles. The molecule has 1 N–H and O–H groups in total. The minimum absolute atomic E-state index is 0.0732. The first-order chi connectivity index (χ1) is 13.9. The van der Waals surface area contributed by atoms with E-state index in [1.807, 2.05) is 0 Å². The fourth-order valence-corrected chi connectivity index (χ4v) is 5.38. The van der Waals surface area contributed by atoms with Crippen molar-refractivity contribution in [2.45, 2.75) is 102 Å². The smallest absolute Gasteiger partial charge is 0.166 e. The molecule has 0 atom stereocenters. The van der Waals surface area contributed by atoms with Gasteiger partial charge in [0, 0.05) is 45.7 Å². The molecule has 3 heterocycles. The summed E-state index contributed by atoms with van der Waals surface area (Å²) in [4.78, 5) is 0. The molecule has 3 saturated heterocycles. The molecule has 6 heteroatoms. The number of ether oxygens (including phenoxy) is 3. The second-order valence-corrected chi connectivity index (χ2v) is 9.84. The van der Waals surface area contributed by atoms with Crippen molar-refractivity contribution in [3.05, 3.63) is 0 Å². The molecule has 0 aromatic rings. The van der Waals surface area contributed by atoms with E-state index in [1.165, 1.54) is 0 Å². The van der Waals surface area contributed by atoms with Gasteiger partial charge in [0.1, 0.15) is 12.8 Å². The summed E-state index contributed by atoms with van der Waals surface area (Å²) < 4.78 is 20.1. The Kier molecular flexibility index (Phi) is 7.77. The van der Waals surface area contributed by atoms with Gasteiger partial charge in [0.2, 0.25) is 0 Å². The highest BCUT2D eigenvalue weighted by atomic mass is 16.5. The normalized spacial score (nSPS) is 28.2. The van der Waals surface area contributed by atoms with Gasteiger partial charge in [0.05, 0.1) is 16.7 Å². The number of nitrogens with zero attached hydrogens (tertiary/aromatic N) is 2. The van der Waals surface area contributed by atoms with Crippen molar-refractivity contribution >= 4 is 6.21 Å². The summed E-state index contributed by atoms with van der Waals surface area (Å²) in [5.41, 5.74) is -0.431. The van der Waals surface area contributed by atoms with Crippen LogP contribution in [0.25, 0.3) is 0 Å². The van der Waals surface area contributed by atoms with Crippen LogP contribution in [0.15, 0.2) is 0 Å². The molecule has 168 valence electrons. The maximum absolute atomic E-state index is 11.5. The molecule has 3 aliphatic heterocycles. The van der Waals surface area contributed by atoms with Gasteiger partial charge in [0.15, 0.2) is 12.6 Å². The van der Waals surface area contributed by atoms with Gasteiger partial charge in [-0.05, 0) is 46.0 Å². The van der Waals surface area contributed by atoms with Crippen molar-refractivity contribution in [1.82, 2.24) is 5.06 Å². The number of rotatable bonds is 7. The van der Waals surface area contributed by atoms with Crippen LogP contribution in [-0.4, -0.2) is 83.4 Å². The largest absolute Gasteiger partial charge is 0.381 e. The molecule has 0 aromatic carbocycles. The summed E-state index contributed by atoms with van der Waals surface area (Å²) in [5.74, 6) is 0. The van der Waals surface area contributed by atoms with Crippen LogP contribution in [0.4, 0.5) is 0 Å². The van der Waals surface area contributed by atoms with Crippen molar-refractivity contribution in [2.75, 3.05) is 39.6 Å². The summed E-state index contributed by atoms with van der Waals surface area (Å²) in [7, 11) is 0. The minimum Gasteiger partial charge on any atom is -0.381 e. The topological polar surface area (TPSA) is 54.2 Å². The lowest BCUT2D eigenvalue weighted by Crippen LogP contribution is -2.69. The van der Waals surface area contributed by atoms with Crippen molar-refractivity contribution < 1.29 is 24.0 Å². The van der Waals surface area contributed by atoms with Gasteiger partial charge in [-0.15, -0.1) is 0 Å².